The van der Waals surface area contributed by atoms with Crippen molar-refractivity contribution in [3.05, 3.63) is 22.7 Å². The summed E-state index contributed by atoms with van der Waals surface area (Å²) >= 11 is 5.99. The van der Waals surface area contributed by atoms with Crippen LogP contribution in [0.3, 0.4) is 0 Å². The van der Waals surface area contributed by atoms with Gasteiger partial charge < -0.3 is 19.9 Å². The first-order valence-corrected chi connectivity index (χ1v) is 6.92. The maximum Gasteiger partial charge on any atom is 0.162 e. The number of halogens is 1. The third-order valence-electron chi connectivity index (χ3n) is 3.43. The first kappa shape index (κ1) is 14.4. The number of phenolic OH excluding ortho intramolecular Hbond substituents is 1. The molecule has 1 aromatic carbocycles. The Morgan fingerprint density at radius 1 is 1.42 bits per heavy atom. The minimum atomic E-state index is 0.159. The normalized spacial score (nSPS) is 16.5. The fourth-order valence-corrected chi connectivity index (χ4v) is 2.51. The second-order valence-corrected chi connectivity index (χ2v) is 5.24. The van der Waals surface area contributed by atoms with Gasteiger partial charge in [0.2, 0.25) is 0 Å². The third-order valence-corrected chi connectivity index (χ3v) is 3.65. The predicted molar refractivity (Wildman–Crippen MR) is 74.9 cm³/mol. The van der Waals surface area contributed by atoms with Crippen LogP contribution in [0.2, 0.25) is 5.02 Å². The van der Waals surface area contributed by atoms with Crippen LogP contribution in [0, 0.1) is 5.92 Å². The number of phenols is 1. The molecule has 0 bridgehead atoms. The molecule has 4 nitrogen and oxygen atoms in total. The Balaban J connectivity index is 1.89. The van der Waals surface area contributed by atoms with E-state index >= 15 is 0 Å². The Labute approximate surface area is 118 Å². The average Bonchev–Trinajstić information content (AvgIpc) is 2.43. The lowest BCUT2D eigenvalue weighted by molar-refractivity contribution is 0.0662. The summed E-state index contributed by atoms with van der Waals surface area (Å²) in [5.41, 5.74) is 0.761. The van der Waals surface area contributed by atoms with E-state index in [1.54, 1.807) is 12.1 Å². The summed E-state index contributed by atoms with van der Waals surface area (Å²) in [6.45, 7) is 3.21. The molecule has 2 rings (SSSR count). The van der Waals surface area contributed by atoms with Gasteiger partial charge in [0.25, 0.3) is 0 Å². The van der Waals surface area contributed by atoms with E-state index in [0.29, 0.717) is 23.2 Å². The summed E-state index contributed by atoms with van der Waals surface area (Å²) in [5.74, 6) is 1.22. The lowest BCUT2D eigenvalue weighted by atomic mass is 10.0. The highest BCUT2D eigenvalue weighted by molar-refractivity contribution is 6.30. The largest absolute Gasteiger partial charge is 0.504 e. The average molecular weight is 286 g/mol. The van der Waals surface area contributed by atoms with Crippen molar-refractivity contribution in [1.29, 1.82) is 0 Å². The van der Waals surface area contributed by atoms with E-state index in [1.807, 2.05) is 0 Å². The quantitative estimate of drug-likeness (QED) is 0.873. The summed E-state index contributed by atoms with van der Waals surface area (Å²) < 4.78 is 10.4. The molecule has 5 heteroatoms. The topological polar surface area (TPSA) is 50.7 Å². The molecule has 0 aliphatic carbocycles. The van der Waals surface area contributed by atoms with Crippen molar-refractivity contribution in [1.82, 2.24) is 5.32 Å². The Morgan fingerprint density at radius 3 is 2.84 bits per heavy atom. The molecule has 0 atom stereocenters. The van der Waals surface area contributed by atoms with Crippen LogP contribution >= 0.6 is 11.6 Å². The van der Waals surface area contributed by atoms with Gasteiger partial charge in [-0.25, -0.2) is 0 Å². The number of nitrogens with one attached hydrogen (secondary N) is 1. The van der Waals surface area contributed by atoms with Crippen LogP contribution in [-0.4, -0.2) is 32.0 Å². The van der Waals surface area contributed by atoms with Gasteiger partial charge in [0.05, 0.1) is 7.11 Å². The van der Waals surface area contributed by atoms with Crippen molar-refractivity contribution in [2.45, 2.75) is 19.4 Å². The van der Waals surface area contributed by atoms with Crippen molar-refractivity contribution < 1.29 is 14.6 Å². The number of ether oxygens (including phenoxy) is 2. The van der Waals surface area contributed by atoms with Crippen LogP contribution in [0.15, 0.2) is 12.1 Å². The molecule has 0 aromatic heterocycles. The molecule has 1 aliphatic heterocycles. The number of hydrogen-bond acceptors (Lipinski definition) is 4. The second kappa shape index (κ2) is 6.98. The SMILES string of the molecule is COc1cc(Cl)cc(CNCC2CCOCC2)c1O. The maximum atomic E-state index is 10.0. The number of methoxy groups -OCH3 is 1. The first-order valence-electron chi connectivity index (χ1n) is 6.54. The molecule has 2 N–H and O–H groups in total. The molecule has 0 amide bonds. The summed E-state index contributed by atoms with van der Waals surface area (Å²) in [6.07, 6.45) is 2.19. The fraction of sp³-hybridized carbons (Fsp3) is 0.571. The summed E-state index contributed by atoms with van der Waals surface area (Å²) in [6, 6.07) is 3.37. The highest BCUT2D eigenvalue weighted by atomic mass is 35.5. The van der Waals surface area contributed by atoms with E-state index in [4.69, 9.17) is 21.1 Å². The zero-order chi connectivity index (χ0) is 13.7. The van der Waals surface area contributed by atoms with Gasteiger partial charge in [-0.3, -0.25) is 0 Å². The molecule has 0 radical (unpaired) electrons. The van der Waals surface area contributed by atoms with E-state index in [-0.39, 0.29) is 5.75 Å². The van der Waals surface area contributed by atoms with Gasteiger partial charge in [0.1, 0.15) is 0 Å². The van der Waals surface area contributed by atoms with Gasteiger partial charge >= 0.3 is 0 Å². The van der Waals surface area contributed by atoms with Gasteiger partial charge in [0, 0.05) is 36.4 Å². The maximum absolute atomic E-state index is 10.0. The molecule has 1 heterocycles. The lowest BCUT2D eigenvalue weighted by Crippen LogP contribution is -2.27. The number of benzene rings is 1. The third kappa shape index (κ3) is 4.00. The minimum Gasteiger partial charge on any atom is -0.504 e. The Bertz CT molecular complexity index is 419. The van der Waals surface area contributed by atoms with Crippen molar-refractivity contribution in [3.8, 4) is 11.5 Å². The number of rotatable bonds is 5. The van der Waals surface area contributed by atoms with Crippen molar-refractivity contribution >= 4 is 11.6 Å². The van der Waals surface area contributed by atoms with E-state index in [9.17, 15) is 5.11 Å². The monoisotopic (exact) mass is 285 g/mol. The van der Waals surface area contributed by atoms with Gasteiger partial charge in [-0.2, -0.15) is 0 Å². The minimum absolute atomic E-state index is 0.159. The number of hydrogen-bond donors (Lipinski definition) is 2. The molecule has 19 heavy (non-hydrogen) atoms. The molecule has 1 aromatic rings. The van der Waals surface area contributed by atoms with Gasteiger partial charge in [-0.1, -0.05) is 11.6 Å². The second-order valence-electron chi connectivity index (χ2n) is 4.80. The zero-order valence-corrected chi connectivity index (χ0v) is 11.9. The van der Waals surface area contributed by atoms with Gasteiger partial charge in [0.15, 0.2) is 11.5 Å². The van der Waals surface area contributed by atoms with E-state index in [2.05, 4.69) is 5.32 Å². The van der Waals surface area contributed by atoms with Crippen molar-refractivity contribution in [3.63, 3.8) is 0 Å². The highest BCUT2D eigenvalue weighted by Gasteiger charge is 2.14. The lowest BCUT2D eigenvalue weighted by Gasteiger charge is -2.22. The van der Waals surface area contributed by atoms with E-state index in [0.717, 1.165) is 38.2 Å². The molecule has 0 unspecified atom stereocenters. The van der Waals surface area contributed by atoms with E-state index < -0.39 is 0 Å². The first-order chi connectivity index (χ1) is 9.20. The van der Waals surface area contributed by atoms with Crippen LogP contribution in [-0.2, 0) is 11.3 Å². The highest BCUT2D eigenvalue weighted by Crippen LogP contribution is 2.33. The van der Waals surface area contributed by atoms with Gasteiger partial charge in [-0.05, 0) is 31.4 Å². The molecule has 0 spiro atoms. The zero-order valence-electron chi connectivity index (χ0n) is 11.1. The molecule has 1 fully saturated rings. The van der Waals surface area contributed by atoms with Crippen LogP contribution in [0.4, 0.5) is 0 Å². The predicted octanol–water partition coefficient (Wildman–Crippen LogP) is 2.57. The molecular weight excluding hydrogens is 266 g/mol. The molecule has 106 valence electrons. The van der Waals surface area contributed by atoms with Crippen LogP contribution in [0.25, 0.3) is 0 Å². The van der Waals surface area contributed by atoms with Crippen LogP contribution < -0.4 is 10.1 Å². The van der Waals surface area contributed by atoms with Gasteiger partial charge in [-0.15, -0.1) is 0 Å². The van der Waals surface area contributed by atoms with Crippen molar-refractivity contribution in [2.75, 3.05) is 26.9 Å². The smallest absolute Gasteiger partial charge is 0.162 e. The van der Waals surface area contributed by atoms with Crippen LogP contribution in [0.5, 0.6) is 11.5 Å². The summed E-state index contributed by atoms with van der Waals surface area (Å²) in [5, 5.41) is 13.9. The van der Waals surface area contributed by atoms with Crippen LogP contribution in [0.1, 0.15) is 18.4 Å². The Hall–Kier alpha value is -0.970. The Kier molecular flexibility index (Phi) is 5.31. The van der Waals surface area contributed by atoms with Crippen molar-refractivity contribution in [2.24, 2.45) is 5.92 Å². The standard InChI is InChI=1S/C14H20ClNO3/c1-18-13-7-12(15)6-11(14(13)17)9-16-8-10-2-4-19-5-3-10/h6-7,10,16-17H,2-5,8-9H2,1H3. The number of aromatic hydroxyl groups is 1. The molecular formula is C14H20ClNO3. The summed E-state index contributed by atoms with van der Waals surface area (Å²) in [7, 11) is 1.52. The fourth-order valence-electron chi connectivity index (χ4n) is 2.28. The molecule has 1 saturated heterocycles. The summed E-state index contributed by atoms with van der Waals surface area (Å²) in [4.78, 5) is 0. The Morgan fingerprint density at radius 2 is 2.16 bits per heavy atom. The molecule has 0 saturated carbocycles. The molecule has 1 aliphatic rings. The van der Waals surface area contributed by atoms with E-state index in [1.165, 1.54) is 7.11 Å².